The van der Waals surface area contributed by atoms with Gasteiger partial charge in [0.2, 0.25) is 11.8 Å². The number of pyridine rings is 1. The van der Waals surface area contributed by atoms with Crippen LogP contribution in [0.4, 0.5) is 21.6 Å². The first-order valence-electron chi connectivity index (χ1n) is 7.95. The van der Waals surface area contributed by atoms with Crippen LogP contribution in [0.15, 0.2) is 42.6 Å². The second-order valence-electron chi connectivity index (χ2n) is 6.15. The van der Waals surface area contributed by atoms with Gasteiger partial charge in [-0.05, 0) is 24.3 Å². The van der Waals surface area contributed by atoms with Gasteiger partial charge in [0.1, 0.15) is 11.6 Å². The van der Waals surface area contributed by atoms with Crippen molar-refractivity contribution in [2.24, 2.45) is 5.92 Å². The fourth-order valence-corrected chi connectivity index (χ4v) is 2.76. The maximum absolute atomic E-state index is 13.9. The molecule has 1 aromatic heterocycles. The van der Waals surface area contributed by atoms with E-state index in [1.807, 2.05) is 19.0 Å². The van der Waals surface area contributed by atoms with Crippen LogP contribution in [0.25, 0.3) is 0 Å². The van der Waals surface area contributed by atoms with E-state index in [-0.39, 0.29) is 30.5 Å². The first-order valence-corrected chi connectivity index (χ1v) is 7.95. The van der Waals surface area contributed by atoms with Crippen molar-refractivity contribution in [1.29, 1.82) is 0 Å². The zero-order chi connectivity index (χ0) is 18.0. The van der Waals surface area contributed by atoms with Crippen molar-refractivity contribution in [2.75, 3.05) is 35.8 Å². The molecule has 0 aliphatic carbocycles. The van der Waals surface area contributed by atoms with Crippen LogP contribution in [0, 0.1) is 11.7 Å². The van der Waals surface area contributed by atoms with Crippen LogP contribution in [0.1, 0.15) is 6.42 Å². The Hall–Kier alpha value is -2.96. The second kappa shape index (κ2) is 6.88. The molecule has 25 heavy (non-hydrogen) atoms. The Bertz CT molecular complexity index is 792. The summed E-state index contributed by atoms with van der Waals surface area (Å²) in [6, 6.07) is 9.61. The number of rotatable bonds is 4. The summed E-state index contributed by atoms with van der Waals surface area (Å²) in [5.74, 6) is -0.751. The zero-order valence-electron chi connectivity index (χ0n) is 14.1. The fraction of sp³-hybridized carbons (Fsp3) is 0.278. The minimum absolute atomic E-state index is 0.0589. The topological polar surface area (TPSA) is 65.5 Å². The number of amides is 2. The number of aromatic nitrogens is 1. The van der Waals surface area contributed by atoms with E-state index in [1.165, 1.54) is 17.0 Å². The SMILES string of the molecule is CN(C)c1ccc(NC(=O)C2CC(=O)N(c3ccccc3F)C2)cn1. The number of para-hydroxylation sites is 1. The average molecular weight is 342 g/mol. The monoisotopic (exact) mass is 342 g/mol. The van der Waals surface area contributed by atoms with Crippen LogP contribution < -0.4 is 15.1 Å². The van der Waals surface area contributed by atoms with Gasteiger partial charge in [-0.25, -0.2) is 9.37 Å². The van der Waals surface area contributed by atoms with Crippen molar-refractivity contribution >= 4 is 29.0 Å². The lowest BCUT2D eigenvalue weighted by Crippen LogP contribution is -2.28. The first-order chi connectivity index (χ1) is 12.0. The van der Waals surface area contributed by atoms with Gasteiger partial charge in [0.15, 0.2) is 0 Å². The lowest BCUT2D eigenvalue weighted by Gasteiger charge is -2.17. The highest BCUT2D eigenvalue weighted by molar-refractivity contribution is 6.03. The molecule has 1 aliphatic heterocycles. The smallest absolute Gasteiger partial charge is 0.229 e. The molecule has 2 heterocycles. The number of nitrogens with one attached hydrogen (secondary N) is 1. The van der Waals surface area contributed by atoms with Crippen LogP contribution in [0.3, 0.4) is 0 Å². The molecule has 0 spiro atoms. The number of nitrogens with zero attached hydrogens (tertiary/aromatic N) is 3. The standard InChI is InChI=1S/C18H19FN4O2/c1-22(2)16-8-7-13(10-20-16)21-18(25)12-9-17(24)23(11-12)15-6-4-3-5-14(15)19/h3-8,10,12H,9,11H2,1-2H3,(H,21,25). The van der Waals surface area contributed by atoms with Crippen molar-refractivity contribution in [1.82, 2.24) is 4.98 Å². The predicted molar refractivity (Wildman–Crippen MR) is 94.1 cm³/mol. The van der Waals surface area contributed by atoms with Crippen molar-refractivity contribution in [2.45, 2.75) is 6.42 Å². The van der Waals surface area contributed by atoms with Gasteiger partial charge in [0.25, 0.3) is 0 Å². The van der Waals surface area contributed by atoms with Gasteiger partial charge in [0, 0.05) is 27.1 Å². The van der Waals surface area contributed by atoms with Crippen molar-refractivity contribution < 1.29 is 14.0 Å². The number of benzene rings is 1. The van der Waals surface area contributed by atoms with Gasteiger partial charge in [-0.2, -0.15) is 0 Å². The Labute approximate surface area is 145 Å². The Morgan fingerprint density at radius 2 is 2.04 bits per heavy atom. The van der Waals surface area contributed by atoms with Crippen LogP contribution in [-0.4, -0.2) is 37.4 Å². The van der Waals surface area contributed by atoms with E-state index in [0.29, 0.717) is 5.69 Å². The summed E-state index contributed by atoms with van der Waals surface area (Å²) in [6.45, 7) is 0.162. The molecule has 1 fully saturated rings. The van der Waals surface area contributed by atoms with E-state index in [0.717, 1.165) is 5.82 Å². The van der Waals surface area contributed by atoms with E-state index in [9.17, 15) is 14.0 Å². The lowest BCUT2D eigenvalue weighted by molar-refractivity contribution is -0.122. The van der Waals surface area contributed by atoms with Gasteiger partial charge in [-0.3, -0.25) is 9.59 Å². The third-order valence-corrected chi connectivity index (χ3v) is 4.11. The highest BCUT2D eigenvalue weighted by Gasteiger charge is 2.36. The number of anilines is 3. The van der Waals surface area contributed by atoms with Crippen LogP contribution in [0.5, 0.6) is 0 Å². The third-order valence-electron chi connectivity index (χ3n) is 4.11. The molecule has 2 aromatic rings. The van der Waals surface area contributed by atoms with E-state index < -0.39 is 11.7 Å². The quantitative estimate of drug-likeness (QED) is 0.926. The molecular formula is C18H19FN4O2. The summed E-state index contributed by atoms with van der Waals surface area (Å²) < 4.78 is 13.9. The Kier molecular flexibility index (Phi) is 4.65. The molecular weight excluding hydrogens is 323 g/mol. The van der Waals surface area contributed by atoms with E-state index >= 15 is 0 Å². The summed E-state index contributed by atoms with van der Waals surface area (Å²) in [4.78, 5) is 32.0. The van der Waals surface area contributed by atoms with Crippen LogP contribution >= 0.6 is 0 Å². The number of carbonyl (C=O) groups is 2. The molecule has 0 radical (unpaired) electrons. The minimum Gasteiger partial charge on any atom is -0.363 e. The Balaban J connectivity index is 1.67. The molecule has 7 heteroatoms. The maximum atomic E-state index is 13.9. The third kappa shape index (κ3) is 3.60. The van der Waals surface area contributed by atoms with Gasteiger partial charge in [0.05, 0.1) is 23.5 Å². The molecule has 6 nitrogen and oxygen atoms in total. The zero-order valence-corrected chi connectivity index (χ0v) is 14.1. The second-order valence-corrected chi connectivity index (χ2v) is 6.15. The molecule has 0 bridgehead atoms. The molecule has 1 atom stereocenters. The van der Waals surface area contributed by atoms with Gasteiger partial charge < -0.3 is 15.1 Å². The summed E-state index contributed by atoms with van der Waals surface area (Å²) in [5, 5.41) is 2.76. The van der Waals surface area contributed by atoms with E-state index in [2.05, 4.69) is 10.3 Å². The van der Waals surface area contributed by atoms with E-state index in [4.69, 9.17) is 0 Å². The summed E-state index contributed by atoms with van der Waals surface area (Å²) in [7, 11) is 3.75. The average Bonchev–Trinajstić information content (AvgIpc) is 2.97. The molecule has 1 aromatic carbocycles. The molecule has 130 valence electrons. The van der Waals surface area contributed by atoms with E-state index in [1.54, 1.807) is 30.5 Å². The molecule has 1 saturated heterocycles. The summed E-state index contributed by atoms with van der Waals surface area (Å²) in [6.07, 6.45) is 1.63. The van der Waals surface area contributed by atoms with Crippen molar-refractivity contribution in [3.05, 3.63) is 48.4 Å². The van der Waals surface area contributed by atoms with Crippen LogP contribution in [-0.2, 0) is 9.59 Å². The molecule has 2 amide bonds. The van der Waals surface area contributed by atoms with Crippen LogP contribution in [0.2, 0.25) is 0 Å². The molecule has 0 saturated carbocycles. The Morgan fingerprint density at radius 1 is 1.28 bits per heavy atom. The van der Waals surface area contributed by atoms with Gasteiger partial charge >= 0.3 is 0 Å². The largest absolute Gasteiger partial charge is 0.363 e. The number of halogens is 1. The highest BCUT2D eigenvalue weighted by Crippen LogP contribution is 2.28. The maximum Gasteiger partial charge on any atom is 0.229 e. The number of hydrogen-bond acceptors (Lipinski definition) is 4. The first kappa shape index (κ1) is 16.9. The van der Waals surface area contributed by atoms with Gasteiger partial charge in [-0.15, -0.1) is 0 Å². The minimum atomic E-state index is -0.527. The molecule has 3 rings (SSSR count). The Morgan fingerprint density at radius 3 is 2.68 bits per heavy atom. The lowest BCUT2D eigenvalue weighted by atomic mass is 10.1. The van der Waals surface area contributed by atoms with Crippen molar-refractivity contribution in [3.8, 4) is 0 Å². The van der Waals surface area contributed by atoms with Gasteiger partial charge in [-0.1, -0.05) is 12.1 Å². The number of carbonyl (C=O) groups excluding carboxylic acids is 2. The summed E-state index contributed by atoms with van der Waals surface area (Å²) in [5.41, 5.74) is 0.771. The highest BCUT2D eigenvalue weighted by atomic mass is 19.1. The normalized spacial score (nSPS) is 16.8. The molecule has 1 N–H and O–H groups in total. The fourth-order valence-electron chi connectivity index (χ4n) is 2.76. The predicted octanol–water partition coefficient (Wildman–Crippen LogP) is 2.28. The molecule has 1 unspecified atom stereocenters. The summed E-state index contributed by atoms with van der Waals surface area (Å²) >= 11 is 0. The molecule has 1 aliphatic rings. The van der Waals surface area contributed by atoms with Crippen molar-refractivity contribution in [3.63, 3.8) is 0 Å². The number of hydrogen-bond donors (Lipinski definition) is 1.